The summed E-state index contributed by atoms with van der Waals surface area (Å²) in [6, 6.07) is 15.9. The van der Waals surface area contributed by atoms with E-state index < -0.39 is 0 Å². The number of benzene rings is 2. The highest BCUT2D eigenvalue weighted by Gasteiger charge is 2.24. The van der Waals surface area contributed by atoms with Gasteiger partial charge >= 0.3 is 6.03 Å². The Kier molecular flexibility index (Phi) is 5.78. The normalized spacial score (nSPS) is 18.0. The van der Waals surface area contributed by atoms with Crippen LogP contribution >= 0.6 is 0 Å². The highest BCUT2D eigenvalue weighted by Crippen LogP contribution is 2.25. The lowest BCUT2D eigenvalue weighted by molar-refractivity contribution is 0.202. The van der Waals surface area contributed by atoms with Crippen LogP contribution in [0.5, 0.6) is 5.75 Å². The molecule has 0 unspecified atom stereocenters. The summed E-state index contributed by atoms with van der Waals surface area (Å²) in [5, 5.41) is 15.6. The smallest absolute Gasteiger partial charge is 0.315 e. The summed E-state index contributed by atoms with van der Waals surface area (Å²) in [5.41, 5.74) is 3.61. The van der Waals surface area contributed by atoms with Crippen molar-refractivity contribution >= 4 is 6.03 Å². The molecule has 2 amide bonds. The number of nitrogens with one attached hydrogen (secondary N) is 2. The standard InChI is InChI=1S/C21H27N3O2/c1-15(10-16-6-4-3-5-7-16)23-21(26)22-13-19-11-17-8-9-20(25)12-18(17)14-24(19)2/h3-9,12,15,19,25H,10-11,13-14H2,1-2H3,(H2,22,23,26)/t15-,19-/m0/s1. The van der Waals surface area contributed by atoms with Crippen molar-refractivity contribution in [3.63, 3.8) is 0 Å². The number of fused-ring (bicyclic) bond motifs is 1. The van der Waals surface area contributed by atoms with Crippen molar-refractivity contribution in [1.29, 1.82) is 0 Å². The van der Waals surface area contributed by atoms with E-state index in [0.29, 0.717) is 12.3 Å². The van der Waals surface area contributed by atoms with Crippen LogP contribution in [-0.2, 0) is 19.4 Å². The van der Waals surface area contributed by atoms with E-state index in [2.05, 4.69) is 34.7 Å². The van der Waals surface area contributed by atoms with E-state index in [4.69, 9.17) is 0 Å². The second-order valence-corrected chi connectivity index (χ2v) is 7.17. The van der Waals surface area contributed by atoms with Gasteiger partial charge in [-0.1, -0.05) is 36.4 Å². The first-order chi connectivity index (χ1) is 12.5. The molecule has 0 radical (unpaired) electrons. The van der Waals surface area contributed by atoms with Crippen LogP contribution in [0.2, 0.25) is 0 Å². The molecule has 1 heterocycles. The average Bonchev–Trinajstić information content (AvgIpc) is 2.60. The summed E-state index contributed by atoms with van der Waals surface area (Å²) in [7, 11) is 2.05. The molecule has 0 saturated heterocycles. The van der Waals surface area contributed by atoms with E-state index in [-0.39, 0.29) is 18.1 Å². The van der Waals surface area contributed by atoms with Crippen molar-refractivity contribution in [2.24, 2.45) is 0 Å². The zero-order valence-electron chi connectivity index (χ0n) is 15.4. The molecule has 5 heteroatoms. The van der Waals surface area contributed by atoms with E-state index in [9.17, 15) is 9.90 Å². The number of rotatable bonds is 5. The maximum absolute atomic E-state index is 12.2. The van der Waals surface area contributed by atoms with E-state index in [1.165, 1.54) is 11.1 Å². The topological polar surface area (TPSA) is 64.6 Å². The molecular formula is C21H27N3O2. The second kappa shape index (κ2) is 8.23. The van der Waals surface area contributed by atoms with Crippen LogP contribution in [0.3, 0.4) is 0 Å². The number of hydrogen-bond donors (Lipinski definition) is 3. The molecule has 2 aromatic carbocycles. The highest BCUT2D eigenvalue weighted by atomic mass is 16.3. The van der Waals surface area contributed by atoms with Gasteiger partial charge in [-0.2, -0.15) is 0 Å². The zero-order valence-corrected chi connectivity index (χ0v) is 15.4. The van der Waals surface area contributed by atoms with Gasteiger partial charge in [-0.05, 0) is 55.6 Å². The minimum Gasteiger partial charge on any atom is -0.508 e. The molecule has 0 saturated carbocycles. The number of aromatic hydroxyl groups is 1. The lowest BCUT2D eigenvalue weighted by Crippen LogP contribution is -2.49. The van der Waals surface area contributed by atoms with Crippen molar-refractivity contribution in [3.8, 4) is 5.75 Å². The summed E-state index contributed by atoms with van der Waals surface area (Å²) in [4.78, 5) is 14.4. The Balaban J connectivity index is 1.47. The molecule has 0 bridgehead atoms. The number of phenolic OH excluding ortho intramolecular Hbond substituents is 1. The molecule has 0 aliphatic carbocycles. The summed E-state index contributed by atoms with van der Waals surface area (Å²) in [5.74, 6) is 0.306. The van der Waals surface area contributed by atoms with Gasteiger partial charge in [0.1, 0.15) is 5.75 Å². The molecule has 0 aromatic heterocycles. The Morgan fingerprint density at radius 1 is 1.23 bits per heavy atom. The van der Waals surface area contributed by atoms with Gasteiger partial charge < -0.3 is 15.7 Å². The fraction of sp³-hybridized carbons (Fsp3) is 0.381. The lowest BCUT2D eigenvalue weighted by Gasteiger charge is -2.34. The fourth-order valence-corrected chi connectivity index (χ4v) is 3.50. The Hall–Kier alpha value is -2.53. The van der Waals surface area contributed by atoms with E-state index in [0.717, 1.165) is 24.9 Å². The summed E-state index contributed by atoms with van der Waals surface area (Å²) >= 11 is 0. The Labute approximate surface area is 155 Å². The highest BCUT2D eigenvalue weighted by molar-refractivity contribution is 5.74. The van der Waals surface area contributed by atoms with Crippen LogP contribution in [0.25, 0.3) is 0 Å². The maximum Gasteiger partial charge on any atom is 0.315 e. The Morgan fingerprint density at radius 2 is 2.00 bits per heavy atom. The zero-order chi connectivity index (χ0) is 18.5. The number of carbonyl (C=O) groups excluding carboxylic acids is 1. The first-order valence-corrected chi connectivity index (χ1v) is 9.10. The summed E-state index contributed by atoms with van der Waals surface area (Å²) < 4.78 is 0. The molecule has 1 aliphatic heterocycles. The first kappa shape index (κ1) is 18.3. The predicted octanol–water partition coefficient (Wildman–Crippen LogP) is 2.68. The lowest BCUT2D eigenvalue weighted by atomic mass is 9.94. The van der Waals surface area contributed by atoms with E-state index in [1.807, 2.05) is 37.3 Å². The number of nitrogens with zero attached hydrogens (tertiary/aromatic N) is 1. The van der Waals surface area contributed by atoms with Gasteiger partial charge in [-0.25, -0.2) is 4.79 Å². The quantitative estimate of drug-likeness (QED) is 0.774. The predicted molar refractivity (Wildman–Crippen MR) is 103 cm³/mol. The van der Waals surface area contributed by atoms with E-state index >= 15 is 0 Å². The molecular weight excluding hydrogens is 326 g/mol. The third kappa shape index (κ3) is 4.76. The fourth-order valence-electron chi connectivity index (χ4n) is 3.50. The van der Waals surface area contributed by atoms with Crippen LogP contribution < -0.4 is 10.6 Å². The van der Waals surface area contributed by atoms with Crippen LogP contribution in [-0.4, -0.2) is 41.7 Å². The molecule has 0 fully saturated rings. The minimum absolute atomic E-state index is 0.0742. The molecule has 2 atom stereocenters. The Morgan fingerprint density at radius 3 is 2.77 bits per heavy atom. The van der Waals surface area contributed by atoms with Crippen molar-refractivity contribution in [2.45, 2.75) is 38.4 Å². The van der Waals surface area contributed by atoms with Crippen LogP contribution in [0.1, 0.15) is 23.6 Å². The van der Waals surface area contributed by atoms with Crippen molar-refractivity contribution in [2.75, 3.05) is 13.6 Å². The number of urea groups is 1. The Bertz CT molecular complexity index is 748. The van der Waals surface area contributed by atoms with Crippen LogP contribution in [0.4, 0.5) is 4.79 Å². The molecule has 5 nitrogen and oxygen atoms in total. The number of amides is 2. The molecule has 26 heavy (non-hydrogen) atoms. The summed E-state index contributed by atoms with van der Waals surface area (Å²) in [6.07, 6.45) is 1.68. The molecule has 3 N–H and O–H groups in total. The number of likely N-dealkylation sites (N-methyl/N-ethyl adjacent to an activating group) is 1. The number of carbonyl (C=O) groups is 1. The molecule has 2 aromatic rings. The SMILES string of the molecule is C[C@@H](Cc1ccccc1)NC(=O)NC[C@@H]1Cc2ccc(O)cc2CN1C. The molecule has 1 aliphatic rings. The van der Waals surface area contributed by atoms with Crippen LogP contribution in [0.15, 0.2) is 48.5 Å². The van der Waals surface area contributed by atoms with Gasteiger partial charge in [0.05, 0.1) is 0 Å². The molecule has 0 spiro atoms. The van der Waals surface area contributed by atoms with Crippen LogP contribution in [0, 0.1) is 0 Å². The second-order valence-electron chi connectivity index (χ2n) is 7.17. The maximum atomic E-state index is 12.2. The van der Waals surface area contributed by atoms with Crippen molar-refractivity contribution < 1.29 is 9.90 Å². The number of hydrogen-bond acceptors (Lipinski definition) is 3. The minimum atomic E-state index is -0.127. The third-order valence-corrected chi connectivity index (χ3v) is 4.95. The van der Waals surface area contributed by atoms with Gasteiger partial charge in [-0.15, -0.1) is 0 Å². The summed E-state index contributed by atoms with van der Waals surface area (Å²) in [6.45, 7) is 3.39. The van der Waals surface area contributed by atoms with Gasteiger partial charge in [0.15, 0.2) is 0 Å². The third-order valence-electron chi connectivity index (χ3n) is 4.95. The van der Waals surface area contributed by atoms with Gasteiger partial charge in [0, 0.05) is 25.2 Å². The monoisotopic (exact) mass is 353 g/mol. The molecule has 138 valence electrons. The number of phenols is 1. The van der Waals surface area contributed by atoms with Crippen molar-refractivity contribution in [3.05, 3.63) is 65.2 Å². The van der Waals surface area contributed by atoms with Gasteiger partial charge in [0.25, 0.3) is 0 Å². The van der Waals surface area contributed by atoms with Crippen molar-refractivity contribution in [1.82, 2.24) is 15.5 Å². The van der Waals surface area contributed by atoms with Gasteiger partial charge in [-0.3, -0.25) is 4.90 Å². The first-order valence-electron chi connectivity index (χ1n) is 9.10. The van der Waals surface area contributed by atoms with Gasteiger partial charge in [0.2, 0.25) is 0 Å². The average molecular weight is 353 g/mol. The largest absolute Gasteiger partial charge is 0.508 e. The van der Waals surface area contributed by atoms with E-state index in [1.54, 1.807) is 6.07 Å². The molecule has 3 rings (SSSR count).